The Bertz CT molecular complexity index is 76.0. The fraction of sp³-hybridized carbons (Fsp3) is 0.857. The Labute approximate surface area is 61.5 Å². The van der Waals surface area contributed by atoms with Gasteiger partial charge in [-0.2, -0.15) is 0 Å². The van der Waals surface area contributed by atoms with E-state index in [1.54, 1.807) is 0 Å². The van der Waals surface area contributed by atoms with Crippen LogP contribution in [0.25, 0.3) is 0 Å². The molecule has 0 spiro atoms. The molecule has 0 saturated carbocycles. The molecule has 0 aliphatic carbocycles. The molecule has 60 valence electrons. The maximum atomic E-state index is 9.83. The zero-order valence-corrected chi connectivity index (χ0v) is 6.21. The maximum Gasteiger partial charge on any atom is 0.119 e. The van der Waals surface area contributed by atoms with Crippen molar-refractivity contribution in [3.63, 3.8) is 0 Å². The van der Waals surface area contributed by atoms with E-state index in [0.29, 0.717) is 19.6 Å². The molecule has 0 unspecified atom stereocenters. The predicted molar refractivity (Wildman–Crippen MR) is 39.8 cm³/mol. The molecule has 0 fully saturated rings. The average molecular weight is 145 g/mol. The zero-order chi connectivity index (χ0) is 7.66. The summed E-state index contributed by atoms with van der Waals surface area (Å²) in [5.41, 5.74) is 5.19. The summed E-state index contributed by atoms with van der Waals surface area (Å²) >= 11 is 0. The van der Waals surface area contributed by atoms with Crippen molar-refractivity contribution in [2.24, 2.45) is 5.73 Å². The van der Waals surface area contributed by atoms with E-state index >= 15 is 0 Å². The zero-order valence-electron chi connectivity index (χ0n) is 6.21. The number of ether oxygens (including phenoxy) is 1. The summed E-state index contributed by atoms with van der Waals surface area (Å²) in [4.78, 5) is 9.83. The molecule has 0 radical (unpaired) electrons. The van der Waals surface area contributed by atoms with Gasteiger partial charge in [0.05, 0.1) is 6.61 Å². The summed E-state index contributed by atoms with van der Waals surface area (Å²) < 4.78 is 5.09. The van der Waals surface area contributed by atoms with Crippen LogP contribution in [0.15, 0.2) is 0 Å². The number of carbonyl (C=O) groups is 1. The Morgan fingerprint density at radius 3 is 2.70 bits per heavy atom. The Hall–Kier alpha value is -0.410. The van der Waals surface area contributed by atoms with E-state index in [0.717, 1.165) is 25.7 Å². The maximum absolute atomic E-state index is 9.83. The predicted octanol–water partition coefficient (Wildman–Crippen LogP) is 0.331. The molecule has 3 nitrogen and oxygen atoms in total. The lowest BCUT2D eigenvalue weighted by Gasteiger charge is -1.99. The highest BCUT2D eigenvalue weighted by molar-refractivity contribution is 5.48. The van der Waals surface area contributed by atoms with Crippen molar-refractivity contribution >= 4 is 6.29 Å². The lowest BCUT2D eigenvalue weighted by Crippen LogP contribution is -2.08. The van der Waals surface area contributed by atoms with Gasteiger partial charge in [0.15, 0.2) is 0 Å². The van der Waals surface area contributed by atoms with E-state index in [9.17, 15) is 4.79 Å². The van der Waals surface area contributed by atoms with Crippen LogP contribution < -0.4 is 5.73 Å². The van der Waals surface area contributed by atoms with E-state index in [-0.39, 0.29) is 0 Å². The molecule has 0 heterocycles. The fourth-order valence-corrected chi connectivity index (χ4v) is 0.617. The number of unbranched alkanes of at least 4 members (excludes halogenated alkanes) is 2. The SMILES string of the molecule is NCCOCCCCC=O. The highest BCUT2D eigenvalue weighted by Gasteiger charge is 1.87. The van der Waals surface area contributed by atoms with E-state index in [4.69, 9.17) is 10.5 Å². The van der Waals surface area contributed by atoms with Crippen molar-refractivity contribution in [1.82, 2.24) is 0 Å². The number of nitrogens with two attached hydrogens (primary N) is 1. The van der Waals surface area contributed by atoms with E-state index in [1.165, 1.54) is 0 Å². The third kappa shape index (κ3) is 7.59. The van der Waals surface area contributed by atoms with E-state index in [1.807, 2.05) is 0 Å². The molecule has 0 atom stereocenters. The normalized spacial score (nSPS) is 9.70. The minimum atomic E-state index is 0.577. The number of aldehydes is 1. The Balaban J connectivity index is 2.70. The van der Waals surface area contributed by atoms with Crippen molar-refractivity contribution in [3.05, 3.63) is 0 Å². The molecule has 10 heavy (non-hydrogen) atoms. The molecule has 0 aliphatic heterocycles. The lowest BCUT2D eigenvalue weighted by atomic mass is 10.3. The summed E-state index contributed by atoms with van der Waals surface area (Å²) in [6.07, 6.45) is 3.46. The van der Waals surface area contributed by atoms with Gasteiger partial charge in [-0.1, -0.05) is 0 Å². The Morgan fingerprint density at radius 1 is 1.30 bits per heavy atom. The van der Waals surface area contributed by atoms with Crippen LogP contribution in [0.2, 0.25) is 0 Å². The van der Waals surface area contributed by atoms with Gasteiger partial charge >= 0.3 is 0 Å². The van der Waals surface area contributed by atoms with Crippen molar-refractivity contribution in [1.29, 1.82) is 0 Å². The molecule has 0 aromatic carbocycles. The van der Waals surface area contributed by atoms with Crippen LogP contribution in [0.5, 0.6) is 0 Å². The second-order valence-corrected chi connectivity index (χ2v) is 2.06. The molecule has 0 rings (SSSR count). The van der Waals surface area contributed by atoms with Gasteiger partial charge in [0.25, 0.3) is 0 Å². The molecular formula is C7H15NO2. The van der Waals surface area contributed by atoms with Gasteiger partial charge in [0, 0.05) is 19.6 Å². The standard InChI is InChI=1S/C7H15NO2/c8-4-7-10-6-3-1-2-5-9/h5H,1-4,6-8H2. The van der Waals surface area contributed by atoms with E-state index < -0.39 is 0 Å². The Morgan fingerprint density at radius 2 is 2.10 bits per heavy atom. The minimum Gasteiger partial charge on any atom is -0.380 e. The topological polar surface area (TPSA) is 52.3 Å². The highest BCUT2D eigenvalue weighted by atomic mass is 16.5. The van der Waals surface area contributed by atoms with Crippen LogP contribution in [-0.4, -0.2) is 26.0 Å². The number of carbonyl (C=O) groups excluding carboxylic acids is 1. The van der Waals surface area contributed by atoms with Crippen LogP contribution in [0, 0.1) is 0 Å². The van der Waals surface area contributed by atoms with Crippen molar-refractivity contribution in [2.75, 3.05) is 19.8 Å². The van der Waals surface area contributed by atoms with Crippen molar-refractivity contribution < 1.29 is 9.53 Å². The van der Waals surface area contributed by atoms with Crippen LogP contribution in [0.1, 0.15) is 19.3 Å². The first-order chi connectivity index (χ1) is 4.91. The highest BCUT2D eigenvalue weighted by Crippen LogP contribution is 1.91. The van der Waals surface area contributed by atoms with Gasteiger partial charge < -0.3 is 15.3 Å². The average Bonchev–Trinajstić information content (AvgIpc) is 1.97. The summed E-state index contributed by atoms with van der Waals surface area (Å²) in [7, 11) is 0. The fourth-order valence-electron chi connectivity index (χ4n) is 0.617. The van der Waals surface area contributed by atoms with Crippen LogP contribution in [0.4, 0.5) is 0 Å². The molecular weight excluding hydrogens is 130 g/mol. The number of hydrogen-bond acceptors (Lipinski definition) is 3. The number of rotatable bonds is 7. The molecule has 0 aromatic heterocycles. The molecule has 2 N–H and O–H groups in total. The summed E-state index contributed by atoms with van der Waals surface area (Å²) in [6, 6.07) is 0. The minimum absolute atomic E-state index is 0.577. The first kappa shape index (κ1) is 9.59. The van der Waals surface area contributed by atoms with Gasteiger partial charge in [-0.05, 0) is 12.8 Å². The molecule has 3 heteroatoms. The second-order valence-electron chi connectivity index (χ2n) is 2.06. The molecule has 0 aromatic rings. The largest absolute Gasteiger partial charge is 0.380 e. The quantitative estimate of drug-likeness (QED) is 0.415. The third-order valence-corrected chi connectivity index (χ3v) is 1.12. The van der Waals surface area contributed by atoms with Gasteiger partial charge in [-0.15, -0.1) is 0 Å². The smallest absolute Gasteiger partial charge is 0.119 e. The summed E-state index contributed by atoms with van der Waals surface area (Å²) in [6.45, 7) is 1.93. The first-order valence-corrected chi connectivity index (χ1v) is 3.63. The number of hydrogen-bond donors (Lipinski definition) is 1. The van der Waals surface area contributed by atoms with Gasteiger partial charge in [-0.25, -0.2) is 0 Å². The van der Waals surface area contributed by atoms with Crippen LogP contribution in [0.3, 0.4) is 0 Å². The second kappa shape index (κ2) is 8.59. The van der Waals surface area contributed by atoms with Crippen molar-refractivity contribution in [3.8, 4) is 0 Å². The lowest BCUT2D eigenvalue weighted by molar-refractivity contribution is -0.108. The van der Waals surface area contributed by atoms with Crippen molar-refractivity contribution in [2.45, 2.75) is 19.3 Å². The van der Waals surface area contributed by atoms with Crippen LogP contribution in [-0.2, 0) is 9.53 Å². The molecule has 0 aliphatic rings. The van der Waals surface area contributed by atoms with E-state index in [2.05, 4.69) is 0 Å². The van der Waals surface area contributed by atoms with Gasteiger partial charge in [-0.3, -0.25) is 0 Å². The van der Waals surface area contributed by atoms with Gasteiger partial charge in [0.2, 0.25) is 0 Å². The third-order valence-electron chi connectivity index (χ3n) is 1.12. The van der Waals surface area contributed by atoms with Crippen LogP contribution >= 0.6 is 0 Å². The molecule has 0 saturated heterocycles. The summed E-state index contributed by atoms with van der Waals surface area (Å²) in [5, 5.41) is 0. The van der Waals surface area contributed by atoms with Gasteiger partial charge in [0.1, 0.15) is 6.29 Å². The Kier molecular flexibility index (Phi) is 8.24. The first-order valence-electron chi connectivity index (χ1n) is 3.63. The molecule has 0 bridgehead atoms. The summed E-state index contributed by atoms with van der Waals surface area (Å²) in [5.74, 6) is 0. The monoisotopic (exact) mass is 145 g/mol. The molecule has 0 amide bonds.